The van der Waals surface area contributed by atoms with Crippen LogP contribution in [0.5, 0.6) is 0 Å². The van der Waals surface area contributed by atoms with E-state index in [1.165, 1.54) is 17.8 Å². The second kappa shape index (κ2) is 9.96. The molecule has 1 unspecified atom stereocenters. The first-order valence-electron chi connectivity index (χ1n) is 11.0. The molecule has 35 heavy (non-hydrogen) atoms. The summed E-state index contributed by atoms with van der Waals surface area (Å²) in [4.78, 5) is 24.3. The van der Waals surface area contributed by atoms with Gasteiger partial charge in [-0.2, -0.15) is 9.97 Å². The summed E-state index contributed by atoms with van der Waals surface area (Å²) in [6.07, 6.45) is 4.02. The van der Waals surface area contributed by atoms with E-state index in [2.05, 4.69) is 25.4 Å². The fourth-order valence-electron chi connectivity index (χ4n) is 3.59. The first-order valence-corrected chi connectivity index (χ1v) is 12.1. The average Bonchev–Trinajstić information content (AvgIpc) is 3.48. The van der Waals surface area contributed by atoms with Gasteiger partial charge in [-0.05, 0) is 31.3 Å². The smallest absolute Gasteiger partial charge is 0.465 e. The highest BCUT2D eigenvalue weighted by Crippen LogP contribution is 2.43. The Balaban J connectivity index is 1.51. The number of ether oxygens (including phenoxy) is 2. The van der Waals surface area contributed by atoms with E-state index in [4.69, 9.17) is 26.2 Å². The van der Waals surface area contributed by atoms with Crippen LogP contribution in [-0.2, 0) is 23.4 Å². The van der Waals surface area contributed by atoms with Crippen LogP contribution in [0.15, 0.2) is 6.33 Å². The molecule has 3 heterocycles. The van der Waals surface area contributed by atoms with E-state index in [9.17, 15) is 14.5 Å². The summed E-state index contributed by atoms with van der Waals surface area (Å²) in [6, 6.07) is -0.663. The molecule has 0 bridgehead atoms. The number of alkyl halides is 1. The monoisotopic (exact) mass is 510 g/mol. The number of nitrogens with zero attached hydrogens (tertiary/aromatic N) is 4. The van der Waals surface area contributed by atoms with Crippen molar-refractivity contribution in [1.82, 2.24) is 24.6 Å². The number of hydrogen-bond acceptors (Lipinski definition) is 11. The van der Waals surface area contributed by atoms with Crippen LogP contribution in [0.3, 0.4) is 0 Å². The number of esters is 1. The van der Waals surface area contributed by atoms with Gasteiger partial charge in [0.2, 0.25) is 11.6 Å². The normalized spacial score (nSPS) is 27.4. The van der Waals surface area contributed by atoms with Crippen molar-refractivity contribution in [3.05, 3.63) is 6.33 Å². The molecule has 1 saturated carbocycles. The molecule has 1 aliphatic heterocycles. The lowest BCUT2D eigenvalue weighted by atomic mass is 9.97. The Labute approximate surface area is 200 Å². The summed E-state index contributed by atoms with van der Waals surface area (Å²) in [5.41, 5.74) is 3.65. The Hall–Kier alpha value is -2.95. The molecule has 2 fully saturated rings. The van der Waals surface area contributed by atoms with E-state index in [0.29, 0.717) is 11.3 Å². The number of nitrogen functional groups attached to an aromatic ring is 1. The molecule has 0 aromatic carbocycles. The van der Waals surface area contributed by atoms with Crippen molar-refractivity contribution in [1.29, 1.82) is 0 Å². The third kappa shape index (κ3) is 5.05. The molecular formula is C20H26FN7O6P+. The van der Waals surface area contributed by atoms with Gasteiger partial charge in [-0.3, -0.25) is 9.36 Å². The number of aliphatic hydroxyl groups is 1. The molecule has 13 nitrogen and oxygen atoms in total. The van der Waals surface area contributed by atoms with Crippen molar-refractivity contribution >= 4 is 37.1 Å². The number of rotatable bonds is 10. The molecule has 1 aliphatic carbocycles. The third-order valence-electron chi connectivity index (χ3n) is 5.57. The zero-order chi connectivity index (χ0) is 25.3. The highest BCUT2D eigenvalue weighted by molar-refractivity contribution is 7.36. The lowest BCUT2D eigenvalue weighted by molar-refractivity contribution is -0.144. The maximum absolute atomic E-state index is 15.8. The van der Waals surface area contributed by atoms with Crippen LogP contribution >= 0.6 is 8.18 Å². The van der Waals surface area contributed by atoms with Crippen molar-refractivity contribution in [2.24, 2.45) is 0 Å². The van der Waals surface area contributed by atoms with E-state index in [1.807, 2.05) is 5.92 Å². The molecule has 0 spiro atoms. The first kappa shape index (κ1) is 25.2. The minimum atomic E-state index is -2.69. The topological polar surface area (TPSA) is 176 Å². The second-order valence-corrected chi connectivity index (χ2v) is 9.24. The molecule has 4 rings (SSSR count). The van der Waals surface area contributed by atoms with Crippen molar-refractivity contribution in [2.75, 3.05) is 24.3 Å². The number of carbonyl (C=O) groups is 1. The lowest BCUT2D eigenvalue weighted by Crippen LogP contribution is -2.42. The number of fused-ring (bicyclic) bond motifs is 1. The number of imidazole rings is 1. The van der Waals surface area contributed by atoms with Gasteiger partial charge < -0.3 is 25.6 Å². The Morgan fingerprint density at radius 2 is 2.29 bits per heavy atom. The van der Waals surface area contributed by atoms with Crippen LogP contribution in [0, 0.1) is 12.3 Å². The highest BCUT2D eigenvalue weighted by Gasteiger charge is 2.58. The maximum Gasteiger partial charge on any atom is 0.613 e. The quantitative estimate of drug-likeness (QED) is 0.201. The van der Waals surface area contributed by atoms with Crippen LogP contribution in [0.1, 0.15) is 32.9 Å². The third-order valence-corrected chi connectivity index (χ3v) is 6.55. The molecular weight excluding hydrogens is 484 g/mol. The van der Waals surface area contributed by atoms with Crippen LogP contribution < -0.4 is 16.1 Å². The van der Waals surface area contributed by atoms with E-state index >= 15 is 4.39 Å². The Morgan fingerprint density at radius 1 is 1.54 bits per heavy atom. The molecule has 2 aromatic rings. The number of aliphatic hydroxyl groups excluding tert-OH is 1. The van der Waals surface area contributed by atoms with E-state index < -0.39 is 50.9 Å². The largest absolute Gasteiger partial charge is 0.613 e. The zero-order valence-electron chi connectivity index (χ0n) is 19.0. The highest BCUT2D eigenvalue weighted by atomic mass is 31.1. The van der Waals surface area contributed by atoms with Crippen LogP contribution in [-0.4, -0.2) is 73.8 Å². The molecule has 2 aliphatic rings. The van der Waals surface area contributed by atoms with Gasteiger partial charge in [0.25, 0.3) is 0 Å². The number of carbonyl (C=O) groups excluding carboxylic acids is 1. The SMILES string of the molecule is C#C[C@@]1(F)[C@H](O)[C@@H](CO[P+](=O)N[C@H](C)C(=O)OCC)O[C@H]1n1cnc2c(NC3CC3)nc(N)nc21. The van der Waals surface area contributed by atoms with Crippen LogP contribution in [0.4, 0.5) is 16.2 Å². The van der Waals surface area contributed by atoms with Gasteiger partial charge >= 0.3 is 14.1 Å². The fourth-order valence-corrected chi connectivity index (χ4v) is 4.37. The zero-order valence-corrected chi connectivity index (χ0v) is 19.9. The summed E-state index contributed by atoms with van der Waals surface area (Å²) >= 11 is 0. The molecule has 0 amide bonds. The number of hydrogen-bond donors (Lipinski definition) is 4. The van der Waals surface area contributed by atoms with E-state index in [1.54, 1.807) is 6.92 Å². The summed E-state index contributed by atoms with van der Waals surface area (Å²) in [6.45, 7) is 2.76. The fraction of sp³-hybridized carbons (Fsp3) is 0.600. The Bertz CT molecular complexity index is 1170. The van der Waals surface area contributed by atoms with Crippen molar-refractivity contribution in [3.8, 4) is 12.3 Å². The molecule has 0 radical (unpaired) electrons. The minimum Gasteiger partial charge on any atom is -0.465 e. The molecule has 188 valence electrons. The van der Waals surface area contributed by atoms with Gasteiger partial charge in [-0.25, -0.2) is 9.37 Å². The second-order valence-electron chi connectivity index (χ2n) is 8.21. The predicted octanol–water partition coefficient (Wildman–Crippen LogP) is 0.798. The molecule has 6 atom stereocenters. The number of nitrogens with two attached hydrogens (primary N) is 1. The number of halogens is 1. The summed E-state index contributed by atoms with van der Waals surface area (Å²) in [5.74, 6) is 1.68. The maximum atomic E-state index is 15.8. The van der Waals surface area contributed by atoms with Crippen LogP contribution in [0.25, 0.3) is 11.2 Å². The van der Waals surface area contributed by atoms with E-state index in [-0.39, 0.29) is 24.2 Å². The predicted molar refractivity (Wildman–Crippen MR) is 122 cm³/mol. The average molecular weight is 510 g/mol. The van der Waals surface area contributed by atoms with Gasteiger partial charge in [0.1, 0.15) is 24.9 Å². The van der Waals surface area contributed by atoms with Gasteiger partial charge in [0.05, 0.1) is 12.9 Å². The molecule has 1 saturated heterocycles. The molecule has 2 aromatic heterocycles. The Kier molecular flexibility index (Phi) is 7.16. The number of anilines is 2. The van der Waals surface area contributed by atoms with Crippen LogP contribution in [0.2, 0.25) is 0 Å². The van der Waals surface area contributed by atoms with Crippen molar-refractivity contribution in [3.63, 3.8) is 0 Å². The number of aromatic nitrogens is 4. The molecule has 5 N–H and O–H groups in total. The van der Waals surface area contributed by atoms with Gasteiger partial charge in [-0.15, -0.1) is 10.9 Å². The summed E-state index contributed by atoms with van der Waals surface area (Å²) < 4.78 is 44.9. The Morgan fingerprint density at radius 3 is 2.94 bits per heavy atom. The van der Waals surface area contributed by atoms with E-state index in [0.717, 1.165) is 12.8 Å². The van der Waals surface area contributed by atoms with Gasteiger partial charge in [-0.1, -0.05) is 11.0 Å². The lowest BCUT2D eigenvalue weighted by Gasteiger charge is -2.23. The minimum absolute atomic E-state index is 0.0650. The molecule has 15 heteroatoms. The number of terminal acetylenes is 1. The van der Waals surface area contributed by atoms with Crippen molar-refractivity contribution < 1.29 is 32.9 Å². The summed E-state index contributed by atoms with van der Waals surface area (Å²) in [5, 5.41) is 16.2. The first-order chi connectivity index (χ1) is 16.7. The standard InChI is InChI=1S/C20H26FN7O6P/c1-4-20(21)14(29)12(8-33-35(31)27-10(3)17(30)32-5-2)34-18(20)28-9-23-13-15(24-11-6-7-11)25-19(22)26-16(13)28/h1,9-12,14,18,29H,5-8H2,2-3H3,(H,27,31)(H3,22,24,25,26)/q+1/t10-,12-,14-,18-,20-/m1/s1. The van der Waals surface area contributed by atoms with Gasteiger partial charge in [0.15, 0.2) is 23.2 Å². The van der Waals surface area contributed by atoms with Crippen molar-refractivity contribution in [2.45, 2.75) is 62.9 Å². The van der Waals surface area contributed by atoms with Gasteiger partial charge in [0, 0.05) is 6.04 Å². The summed E-state index contributed by atoms with van der Waals surface area (Å²) in [7, 11) is -2.56. The number of nitrogens with one attached hydrogen (secondary N) is 2.